The Kier molecular flexibility index (Phi) is 10.3. The number of hydrogen-bond donors (Lipinski definition) is 1. The molecule has 1 unspecified atom stereocenters. The maximum Gasteiger partial charge on any atom is 0.422 e. The van der Waals surface area contributed by atoms with Crippen LogP contribution in [0, 0.1) is 11.3 Å². The second-order valence-electron chi connectivity index (χ2n) is 10.1. The van der Waals surface area contributed by atoms with Gasteiger partial charge in [-0.3, -0.25) is 0 Å². The Labute approximate surface area is 243 Å². The molecule has 0 aromatic heterocycles. The molecule has 42 heavy (non-hydrogen) atoms. The number of alkyl halides is 3. The highest BCUT2D eigenvalue weighted by molar-refractivity contribution is 5.89. The Morgan fingerprint density at radius 2 is 1.76 bits per heavy atom. The summed E-state index contributed by atoms with van der Waals surface area (Å²) in [6, 6.07) is 21.5. The zero-order chi connectivity index (χ0) is 30.1. The van der Waals surface area contributed by atoms with Crippen molar-refractivity contribution in [2.75, 3.05) is 31.2 Å². The van der Waals surface area contributed by atoms with E-state index in [0.29, 0.717) is 37.1 Å². The van der Waals surface area contributed by atoms with E-state index in [-0.39, 0.29) is 24.1 Å². The first kappa shape index (κ1) is 30.7. The van der Waals surface area contributed by atoms with Gasteiger partial charge in [-0.25, -0.2) is 4.79 Å². The number of nitrogens with zero attached hydrogens (tertiary/aromatic N) is 2. The monoisotopic (exact) mass is 581 g/mol. The van der Waals surface area contributed by atoms with Crippen molar-refractivity contribution in [3.8, 4) is 17.6 Å². The van der Waals surface area contributed by atoms with Gasteiger partial charge in [0.05, 0.1) is 16.8 Å². The van der Waals surface area contributed by atoms with Crippen LogP contribution in [0.2, 0.25) is 0 Å². The van der Waals surface area contributed by atoms with Crippen LogP contribution in [0.15, 0.2) is 66.7 Å². The molecule has 2 atom stereocenters. The fraction of sp³-hybridized carbons (Fsp3) is 0.375. The van der Waals surface area contributed by atoms with Crippen LogP contribution < -0.4 is 19.7 Å². The van der Waals surface area contributed by atoms with Crippen LogP contribution in [0.5, 0.6) is 11.5 Å². The van der Waals surface area contributed by atoms with E-state index in [1.807, 2.05) is 30.9 Å². The molecule has 7 nitrogen and oxygen atoms in total. The highest BCUT2D eigenvalue weighted by atomic mass is 19.4. The largest absolute Gasteiger partial charge is 0.488 e. The molecule has 3 aromatic rings. The Balaban J connectivity index is 1.33. The number of anilines is 1. The number of carbonyl (C=O) groups excluding carboxylic acids is 1. The molecule has 0 radical (unpaired) electrons. The molecule has 1 N–H and O–H groups in total. The molecule has 0 amide bonds. The number of hydrogen-bond acceptors (Lipinski definition) is 7. The molecule has 0 saturated carbocycles. The molecule has 1 heterocycles. The molecule has 1 aliphatic rings. The lowest BCUT2D eigenvalue weighted by Gasteiger charge is -2.30. The predicted octanol–water partition coefficient (Wildman–Crippen LogP) is 6.05. The molecule has 3 aromatic carbocycles. The average Bonchev–Trinajstić information content (AvgIpc) is 3.41. The van der Waals surface area contributed by atoms with Crippen molar-refractivity contribution >= 4 is 11.7 Å². The van der Waals surface area contributed by atoms with Crippen molar-refractivity contribution in [3.05, 3.63) is 89.0 Å². The fourth-order valence-corrected chi connectivity index (χ4v) is 5.01. The third-order valence-electron chi connectivity index (χ3n) is 6.86. The zero-order valence-electron chi connectivity index (χ0n) is 23.6. The predicted molar refractivity (Wildman–Crippen MR) is 153 cm³/mol. The number of ether oxygens (including phenoxy) is 3. The molecule has 10 heteroatoms. The van der Waals surface area contributed by atoms with Crippen molar-refractivity contribution in [1.29, 1.82) is 5.26 Å². The zero-order valence-corrected chi connectivity index (χ0v) is 23.6. The van der Waals surface area contributed by atoms with Crippen LogP contribution in [-0.4, -0.2) is 50.7 Å². The number of nitriles is 1. The number of carbonyl (C=O) groups is 1. The third kappa shape index (κ3) is 8.17. The van der Waals surface area contributed by atoms with Crippen LogP contribution in [0.3, 0.4) is 0 Å². The van der Waals surface area contributed by atoms with Gasteiger partial charge in [-0.1, -0.05) is 43.3 Å². The van der Waals surface area contributed by atoms with E-state index in [4.69, 9.17) is 14.2 Å². The topological polar surface area (TPSA) is 83.8 Å². The highest BCUT2D eigenvalue weighted by Gasteiger charge is 2.31. The van der Waals surface area contributed by atoms with Crippen molar-refractivity contribution in [3.63, 3.8) is 0 Å². The smallest absolute Gasteiger partial charge is 0.422 e. The van der Waals surface area contributed by atoms with Crippen LogP contribution in [0.1, 0.15) is 47.3 Å². The van der Waals surface area contributed by atoms with Gasteiger partial charge in [-0.05, 0) is 61.2 Å². The first-order valence-electron chi connectivity index (χ1n) is 13.9. The number of para-hydroxylation sites is 2. The maximum atomic E-state index is 12.7. The number of rotatable bonds is 13. The summed E-state index contributed by atoms with van der Waals surface area (Å²) in [5.41, 5.74) is 3.89. The van der Waals surface area contributed by atoms with Gasteiger partial charge in [0.25, 0.3) is 0 Å². The number of esters is 1. The van der Waals surface area contributed by atoms with Crippen molar-refractivity contribution in [1.82, 2.24) is 5.32 Å². The van der Waals surface area contributed by atoms with E-state index in [2.05, 4.69) is 17.5 Å². The third-order valence-corrected chi connectivity index (χ3v) is 6.86. The van der Waals surface area contributed by atoms with E-state index in [9.17, 15) is 23.2 Å². The summed E-state index contributed by atoms with van der Waals surface area (Å²) in [5.74, 6) is -0.107. The lowest BCUT2D eigenvalue weighted by Crippen LogP contribution is -2.37. The molecule has 0 fully saturated rings. The molecule has 4 rings (SSSR count). The molecule has 222 valence electrons. The maximum absolute atomic E-state index is 12.7. The van der Waals surface area contributed by atoms with Gasteiger partial charge in [0.15, 0.2) is 24.3 Å². The van der Waals surface area contributed by atoms with Gasteiger partial charge in [0.1, 0.15) is 12.7 Å². The molecule has 1 aliphatic heterocycles. The summed E-state index contributed by atoms with van der Waals surface area (Å²) >= 11 is 0. The number of fused-ring (bicyclic) bond motifs is 1. The summed E-state index contributed by atoms with van der Waals surface area (Å²) in [7, 11) is 0. The first-order valence-corrected chi connectivity index (χ1v) is 13.9. The van der Waals surface area contributed by atoms with Crippen molar-refractivity contribution in [2.24, 2.45) is 0 Å². The molecule has 0 bridgehead atoms. The van der Waals surface area contributed by atoms with Gasteiger partial charge in [0.2, 0.25) is 0 Å². The quantitative estimate of drug-likeness (QED) is 0.194. The van der Waals surface area contributed by atoms with E-state index in [0.717, 1.165) is 23.2 Å². The normalized spacial score (nSPS) is 14.0. The SMILES string of the molecule is CCC(OC(=O)c1ccccc1)N1CCc2cc(C[C@@H](C)NCCOc3ccccc3OCC(F)(F)F)cc(C#N)c21. The molecule has 0 aliphatic carbocycles. The van der Waals surface area contributed by atoms with Gasteiger partial charge < -0.3 is 24.4 Å². The lowest BCUT2D eigenvalue weighted by molar-refractivity contribution is -0.153. The van der Waals surface area contributed by atoms with E-state index in [1.165, 1.54) is 6.07 Å². The minimum absolute atomic E-state index is 0.0410. The number of halogens is 3. The van der Waals surface area contributed by atoms with Gasteiger partial charge in [-0.2, -0.15) is 18.4 Å². The molecule has 0 saturated heterocycles. The molecular weight excluding hydrogens is 547 g/mol. The first-order chi connectivity index (χ1) is 20.2. The molecular formula is C32H34F3N3O4. The van der Waals surface area contributed by atoms with Gasteiger partial charge >= 0.3 is 12.1 Å². The highest BCUT2D eigenvalue weighted by Crippen LogP contribution is 2.36. The second-order valence-corrected chi connectivity index (χ2v) is 10.1. The minimum Gasteiger partial charge on any atom is -0.488 e. The van der Waals surface area contributed by atoms with Crippen molar-refractivity contribution < 1.29 is 32.2 Å². The van der Waals surface area contributed by atoms with Gasteiger partial charge in [0, 0.05) is 25.6 Å². The van der Waals surface area contributed by atoms with Crippen LogP contribution in [0.4, 0.5) is 18.9 Å². The summed E-state index contributed by atoms with van der Waals surface area (Å²) in [4.78, 5) is 14.7. The summed E-state index contributed by atoms with van der Waals surface area (Å²) in [6.07, 6.45) is -2.94. The van der Waals surface area contributed by atoms with Gasteiger partial charge in [-0.15, -0.1) is 0 Å². The second kappa shape index (κ2) is 14.1. The van der Waals surface area contributed by atoms with E-state index in [1.54, 1.807) is 42.5 Å². The number of benzene rings is 3. The summed E-state index contributed by atoms with van der Waals surface area (Å²) in [6.45, 7) is 3.93. The van der Waals surface area contributed by atoms with Crippen LogP contribution in [0.25, 0.3) is 0 Å². The van der Waals surface area contributed by atoms with E-state index >= 15 is 0 Å². The Morgan fingerprint density at radius 1 is 1.07 bits per heavy atom. The summed E-state index contributed by atoms with van der Waals surface area (Å²) in [5, 5.41) is 13.3. The molecule has 0 spiro atoms. The number of nitrogens with one attached hydrogen (secondary N) is 1. The minimum atomic E-state index is -4.43. The Hall–Kier alpha value is -4.23. The average molecular weight is 582 g/mol. The fourth-order valence-electron chi connectivity index (χ4n) is 5.01. The van der Waals surface area contributed by atoms with Crippen LogP contribution in [-0.2, 0) is 17.6 Å². The Morgan fingerprint density at radius 3 is 2.43 bits per heavy atom. The lowest BCUT2D eigenvalue weighted by atomic mass is 9.99. The Bertz CT molecular complexity index is 1390. The van der Waals surface area contributed by atoms with Crippen molar-refractivity contribution in [2.45, 2.75) is 51.6 Å². The summed E-state index contributed by atoms with van der Waals surface area (Å²) < 4.78 is 54.0. The van der Waals surface area contributed by atoms with Crippen LogP contribution >= 0.6 is 0 Å². The standard InChI is InChI=1S/C32H34F3N3O4/c1-3-29(42-31(39)24-9-5-4-6-10-24)38-15-13-25-18-23(19-26(20-36)30(25)38)17-22(2)37-14-16-40-27-11-7-8-12-28(27)41-21-32(33,34)35/h4-12,18-19,22,29,37H,3,13-17,21H2,1-2H3/t22-,29?/m1/s1. The van der Waals surface area contributed by atoms with E-state index < -0.39 is 25.0 Å².